The molecule has 0 radical (unpaired) electrons. The standard InChI is InChI=1S/C12H9NO2/c1-8-4-5-10-9(7-8)12(13-15-10)11-3-2-6-14-11/h2-7H,1H3. The summed E-state index contributed by atoms with van der Waals surface area (Å²) in [5.41, 5.74) is 2.73. The van der Waals surface area contributed by atoms with E-state index in [1.165, 1.54) is 5.56 Å². The Morgan fingerprint density at radius 1 is 1.20 bits per heavy atom. The van der Waals surface area contributed by atoms with Crippen molar-refractivity contribution >= 4 is 11.0 Å². The summed E-state index contributed by atoms with van der Waals surface area (Å²) in [5.74, 6) is 0.736. The molecule has 3 heteroatoms. The second kappa shape index (κ2) is 2.98. The maximum absolute atomic E-state index is 5.30. The molecule has 0 aliphatic heterocycles. The number of furan rings is 1. The molecule has 0 amide bonds. The summed E-state index contributed by atoms with van der Waals surface area (Å²) in [6, 6.07) is 9.68. The average Bonchev–Trinajstić information content (AvgIpc) is 2.83. The van der Waals surface area contributed by atoms with E-state index in [-0.39, 0.29) is 0 Å². The van der Waals surface area contributed by atoms with E-state index < -0.39 is 0 Å². The molecule has 74 valence electrons. The molecule has 2 heterocycles. The molecular weight excluding hydrogens is 190 g/mol. The fourth-order valence-corrected chi connectivity index (χ4v) is 1.64. The third-order valence-corrected chi connectivity index (χ3v) is 2.38. The topological polar surface area (TPSA) is 39.2 Å². The van der Waals surface area contributed by atoms with Crippen LogP contribution in [0.15, 0.2) is 45.5 Å². The van der Waals surface area contributed by atoms with Crippen molar-refractivity contribution in [3.8, 4) is 11.5 Å². The molecule has 2 aromatic heterocycles. The lowest BCUT2D eigenvalue weighted by Crippen LogP contribution is -1.75. The molecule has 0 atom stereocenters. The van der Waals surface area contributed by atoms with Crippen LogP contribution in [0.5, 0.6) is 0 Å². The van der Waals surface area contributed by atoms with E-state index in [1.54, 1.807) is 6.26 Å². The Morgan fingerprint density at radius 3 is 2.93 bits per heavy atom. The monoisotopic (exact) mass is 199 g/mol. The third-order valence-electron chi connectivity index (χ3n) is 2.38. The van der Waals surface area contributed by atoms with Crippen molar-refractivity contribution in [3.05, 3.63) is 42.2 Å². The largest absolute Gasteiger partial charge is 0.463 e. The smallest absolute Gasteiger partial charge is 0.167 e. The van der Waals surface area contributed by atoms with Crippen LogP contribution in [-0.2, 0) is 0 Å². The predicted octanol–water partition coefficient (Wildman–Crippen LogP) is 3.40. The van der Waals surface area contributed by atoms with Crippen molar-refractivity contribution in [3.63, 3.8) is 0 Å². The zero-order valence-corrected chi connectivity index (χ0v) is 8.23. The molecular formula is C12H9NO2. The van der Waals surface area contributed by atoms with Crippen molar-refractivity contribution in [2.75, 3.05) is 0 Å². The van der Waals surface area contributed by atoms with E-state index in [4.69, 9.17) is 8.94 Å². The highest BCUT2D eigenvalue weighted by molar-refractivity contribution is 5.90. The van der Waals surface area contributed by atoms with Gasteiger partial charge in [0.2, 0.25) is 0 Å². The van der Waals surface area contributed by atoms with Gasteiger partial charge >= 0.3 is 0 Å². The zero-order valence-electron chi connectivity index (χ0n) is 8.23. The van der Waals surface area contributed by atoms with Crippen LogP contribution >= 0.6 is 0 Å². The first-order valence-electron chi connectivity index (χ1n) is 4.74. The summed E-state index contributed by atoms with van der Waals surface area (Å²) < 4.78 is 10.5. The number of rotatable bonds is 1. The van der Waals surface area contributed by atoms with Gasteiger partial charge in [0.15, 0.2) is 17.0 Å². The minimum atomic E-state index is 0.736. The minimum absolute atomic E-state index is 0.736. The Labute approximate surface area is 86.3 Å². The lowest BCUT2D eigenvalue weighted by molar-refractivity contribution is 0.454. The van der Waals surface area contributed by atoms with Crippen LogP contribution in [0.2, 0.25) is 0 Å². The Morgan fingerprint density at radius 2 is 2.13 bits per heavy atom. The molecule has 0 saturated heterocycles. The molecule has 0 N–H and O–H groups in total. The Kier molecular flexibility index (Phi) is 1.65. The van der Waals surface area contributed by atoms with Gasteiger partial charge in [0.05, 0.1) is 11.6 Å². The van der Waals surface area contributed by atoms with Crippen LogP contribution in [0.4, 0.5) is 0 Å². The Balaban J connectivity index is 2.32. The van der Waals surface area contributed by atoms with E-state index in [0.717, 1.165) is 22.4 Å². The van der Waals surface area contributed by atoms with Crippen LogP contribution in [0.3, 0.4) is 0 Å². The fourth-order valence-electron chi connectivity index (χ4n) is 1.64. The van der Waals surface area contributed by atoms with E-state index in [0.29, 0.717) is 0 Å². The maximum atomic E-state index is 5.30. The molecule has 15 heavy (non-hydrogen) atoms. The van der Waals surface area contributed by atoms with Gasteiger partial charge < -0.3 is 8.94 Å². The van der Waals surface area contributed by atoms with Gasteiger partial charge in [-0.2, -0.15) is 0 Å². The van der Waals surface area contributed by atoms with Gasteiger partial charge in [-0.25, -0.2) is 0 Å². The van der Waals surface area contributed by atoms with Crippen LogP contribution in [0.1, 0.15) is 5.56 Å². The number of nitrogens with zero attached hydrogens (tertiary/aromatic N) is 1. The van der Waals surface area contributed by atoms with Gasteiger partial charge in [-0.05, 0) is 31.2 Å². The predicted molar refractivity (Wildman–Crippen MR) is 56.4 cm³/mol. The second-order valence-corrected chi connectivity index (χ2v) is 3.51. The van der Waals surface area contributed by atoms with Gasteiger partial charge in [-0.15, -0.1) is 0 Å². The van der Waals surface area contributed by atoms with E-state index in [2.05, 4.69) is 5.16 Å². The highest BCUT2D eigenvalue weighted by Crippen LogP contribution is 2.28. The highest BCUT2D eigenvalue weighted by Gasteiger charge is 2.11. The quantitative estimate of drug-likeness (QED) is 0.603. The molecule has 3 aromatic rings. The molecule has 0 aliphatic carbocycles. The molecule has 0 saturated carbocycles. The zero-order chi connectivity index (χ0) is 10.3. The van der Waals surface area contributed by atoms with Crippen LogP contribution in [0.25, 0.3) is 22.4 Å². The first-order chi connectivity index (χ1) is 7.34. The van der Waals surface area contributed by atoms with Crippen molar-refractivity contribution in [2.45, 2.75) is 6.92 Å². The van der Waals surface area contributed by atoms with Crippen molar-refractivity contribution in [1.82, 2.24) is 5.16 Å². The van der Waals surface area contributed by atoms with E-state index in [9.17, 15) is 0 Å². The van der Waals surface area contributed by atoms with Crippen LogP contribution < -0.4 is 0 Å². The number of fused-ring (bicyclic) bond motifs is 1. The maximum Gasteiger partial charge on any atom is 0.167 e. The number of hydrogen-bond donors (Lipinski definition) is 0. The molecule has 0 fully saturated rings. The lowest BCUT2D eigenvalue weighted by atomic mass is 10.1. The average molecular weight is 199 g/mol. The molecule has 0 bridgehead atoms. The highest BCUT2D eigenvalue weighted by atomic mass is 16.5. The summed E-state index contributed by atoms with van der Waals surface area (Å²) >= 11 is 0. The van der Waals surface area contributed by atoms with Crippen molar-refractivity contribution in [2.24, 2.45) is 0 Å². The van der Waals surface area contributed by atoms with Crippen LogP contribution in [0, 0.1) is 6.92 Å². The lowest BCUT2D eigenvalue weighted by Gasteiger charge is -1.92. The number of aryl methyl sites for hydroxylation is 1. The first kappa shape index (κ1) is 8.29. The van der Waals surface area contributed by atoms with Gasteiger partial charge in [0.1, 0.15) is 0 Å². The normalized spacial score (nSPS) is 11.0. The van der Waals surface area contributed by atoms with Crippen LogP contribution in [-0.4, -0.2) is 5.16 Å². The molecule has 0 spiro atoms. The number of aromatic nitrogens is 1. The summed E-state index contributed by atoms with van der Waals surface area (Å²) in [5, 5.41) is 5.00. The number of hydrogen-bond acceptors (Lipinski definition) is 3. The van der Waals surface area contributed by atoms with E-state index in [1.807, 2.05) is 37.3 Å². The van der Waals surface area contributed by atoms with Crippen molar-refractivity contribution < 1.29 is 8.94 Å². The molecule has 3 rings (SSSR count). The summed E-state index contributed by atoms with van der Waals surface area (Å²) in [6.07, 6.45) is 1.63. The van der Waals surface area contributed by atoms with Crippen molar-refractivity contribution in [1.29, 1.82) is 0 Å². The fraction of sp³-hybridized carbons (Fsp3) is 0.0833. The first-order valence-corrected chi connectivity index (χ1v) is 4.74. The third kappa shape index (κ3) is 1.24. The molecule has 0 aliphatic rings. The summed E-state index contributed by atoms with van der Waals surface area (Å²) in [4.78, 5) is 0. The van der Waals surface area contributed by atoms with Gasteiger partial charge in [-0.3, -0.25) is 0 Å². The van der Waals surface area contributed by atoms with E-state index >= 15 is 0 Å². The second-order valence-electron chi connectivity index (χ2n) is 3.51. The van der Waals surface area contributed by atoms with Gasteiger partial charge in [-0.1, -0.05) is 16.8 Å². The minimum Gasteiger partial charge on any atom is -0.463 e. The Hall–Kier alpha value is -2.03. The van der Waals surface area contributed by atoms with Gasteiger partial charge in [0.25, 0.3) is 0 Å². The molecule has 3 nitrogen and oxygen atoms in total. The SMILES string of the molecule is Cc1ccc2onc(-c3ccco3)c2c1. The molecule has 0 unspecified atom stereocenters. The summed E-state index contributed by atoms with van der Waals surface area (Å²) in [7, 11) is 0. The summed E-state index contributed by atoms with van der Waals surface area (Å²) in [6.45, 7) is 2.04. The number of benzene rings is 1. The molecule has 1 aromatic carbocycles. The van der Waals surface area contributed by atoms with Gasteiger partial charge in [0, 0.05) is 0 Å². The Bertz CT molecular complexity index is 593.